The molecule has 1 aromatic rings. The van der Waals surface area contributed by atoms with Crippen molar-refractivity contribution in [1.29, 1.82) is 0 Å². The maximum atomic E-state index is 5.12. The van der Waals surface area contributed by atoms with E-state index in [4.69, 9.17) is 4.52 Å². The highest BCUT2D eigenvalue weighted by molar-refractivity contribution is 5.02. The summed E-state index contributed by atoms with van der Waals surface area (Å²) in [5, 5.41) is 3.72. The molecule has 0 N–H and O–H groups in total. The molecule has 0 radical (unpaired) electrons. The van der Waals surface area contributed by atoms with Crippen molar-refractivity contribution in [3.63, 3.8) is 0 Å². The molecule has 1 fully saturated rings. The highest BCUT2D eigenvalue weighted by Gasteiger charge is 2.17. The van der Waals surface area contributed by atoms with E-state index >= 15 is 0 Å². The molecular formula is C9H13NO. The average molecular weight is 151 g/mol. The Bertz CT molecular complexity index is 199. The molecule has 1 aliphatic carbocycles. The fourth-order valence-electron chi connectivity index (χ4n) is 1.82. The van der Waals surface area contributed by atoms with E-state index in [1.165, 1.54) is 32.1 Å². The molecule has 0 aromatic carbocycles. The van der Waals surface area contributed by atoms with E-state index in [1.54, 1.807) is 6.20 Å². The third-order valence-corrected chi connectivity index (χ3v) is 2.47. The first-order chi connectivity index (χ1) is 5.47. The van der Waals surface area contributed by atoms with Gasteiger partial charge < -0.3 is 4.52 Å². The standard InChI is InChI=1S/C9H13NO/c1-2-4-8(5-3-1)9-6-7-10-11-9/h6-8H,1-5H2. The maximum absolute atomic E-state index is 5.12. The molecule has 0 unspecified atom stereocenters. The van der Waals surface area contributed by atoms with Gasteiger partial charge in [0.1, 0.15) is 5.76 Å². The third kappa shape index (κ3) is 1.44. The summed E-state index contributed by atoms with van der Waals surface area (Å²) < 4.78 is 5.12. The van der Waals surface area contributed by atoms with Crippen molar-refractivity contribution in [2.24, 2.45) is 0 Å². The van der Waals surface area contributed by atoms with Gasteiger partial charge in [0, 0.05) is 12.0 Å². The van der Waals surface area contributed by atoms with Crippen LogP contribution in [-0.4, -0.2) is 5.16 Å². The zero-order valence-electron chi connectivity index (χ0n) is 6.62. The lowest BCUT2D eigenvalue weighted by Crippen LogP contribution is -2.02. The van der Waals surface area contributed by atoms with Crippen molar-refractivity contribution >= 4 is 0 Å². The Balaban J connectivity index is 2.04. The zero-order valence-corrected chi connectivity index (χ0v) is 6.62. The molecule has 2 heteroatoms. The normalized spacial score (nSPS) is 20.4. The quantitative estimate of drug-likeness (QED) is 0.616. The van der Waals surface area contributed by atoms with E-state index in [9.17, 15) is 0 Å². The minimum absolute atomic E-state index is 0.659. The lowest BCUT2D eigenvalue weighted by molar-refractivity contribution is 0.321. The minimum Gasteiger partial charge on any atom is -0.361 e. The second-order valence-corrected chi connectivity index (χ2v) is 3.25. The van der Waals surface area contributed by atoms with Gasteiger partial charge in [-0.25, -0.2) is 0 Å². The van der Waals surface area contributed by atoms with E-state index in [0.717, 1.165) is 5.76 Å². The van der Waals surface area contributed by atoms with Gasteiger partial charge in [0.15, 0.2) is 0 Å². The summed E-state index contributed by atoms with van der Waals surface area (Å²) in [6.45, 7) is 0. The van der Waals surface area contributed by atoms with Crippen LogP contribution in [0.2, 0.25) is 0 Å². The van der Waals surface area contributed by atoms with Gasteiger partial charge in [0.05, 0.1) is 6.20 Å². The van der Waals surface area contributed by atoms with Crippen LogP contribution in [0, 0.1) is 0 Å². The smallest absolute Gasteiger partial charge is 0.139 e. The fraction of sp³-hybridized carbons (Fsp3) is 0.667. The topological polar surface area (TPSA) is 26.0 Å². The van der Waals surface area contributed by atoms with E-state index in [-0.39, 0.29) is 0 Å². The fourth-order valence-corrected chi connectivity index (χ4v) is 1.82. The van der Waals surface area contributed by atoms with Gasteiger partial charge in [-0.15, -0.1) is 0 Å². The molecule has 1 aliphatic rings. The van der Waals surface area contributed by atoms with Gasteiger partial charge >= 0.3 is 0 Å². The van der Waals surface area contributed by atoms with Crippen molar-refractivity contribution in [2.75, 3.05) is 0 Å². The van der Waals surface area contributed by atoms with Crippen LogP contribution in [0.3, 0.4) is 0 Å². The zero-order chi connectivity index (χ0) is 7.52. The van der Waals surface area contributed by atoms with Crippen LogP contribution < -0.4 is 0 Å². The van der Waals surface area contributed by atoms with Gasteiger partial charge in [0.2, 0.25) is 0 Å². The Morgan fingerprint density at radius 1 is 1.27 bits per heavy atom. The van der Waals surface area contributed by atoms with E-state index < -0.39 is 0 Å². The van der Waals surface area contributed by atoms with E-state index in [2.05, 4.69) is 5.16 Å². The van der Waals surface area contributed by atoms with Crippen LogP contribution in [0.25, 0.3) is 0 Å². The third-order valence-electron chi connectivity index (χ3n) is 2.47. The Morgan fingerprint density at radius 2 is 2.09 bits per heavy atom. The molecule has 0 atom stereocenters. The average Bonchev–Trinajstić information content (AvgIpc) is 2.58. The van der Waals surface area contributed by atoms with E-state index in [0.29, 0.717) is 5.92 Å². The summed E-state index contributed by atoms with van der Waals surface area (Å²) in [6, 6.07) is 2.00. The Morgan fingerprint density at radius 3 is 2.73 bits per heavy atom. The van der Waals surface area contributed by atoms with E-state index in [1.807, 2.05) is 6.07 Å². The molecule has 1 aromatic heterocycles. The summed E-state index contributed by atoms with van der Waals surface area (Å²) in [5.74, 6) is 1.75. The maximum Gasteiger partial charge on any atom is 0.139 e. The first-order valence-electron chi connectivity index (χ1n) is 4.37. The number of rotatable bonds is 1. The number of nitrogens with zero attached hydrogens (tertiary/aromatic N) is 1. The lowest BCUT2D eigenvalue weighted by Gasteiger charge is -2.18. The largest absolute Gasteiger partial charge is 0.361 e. The summed E-state index contributed by atoms with van der Waals surface area (Å²) in [6.07, 6.45) is 8.41. The molecule has 0 saturated heterocycles. The molecule has 1 saturated carbocycles. The minimum atomic E-state index is 0.659. The molecule has 11 heavy (non-hydrogen) atoms. The lowest BCUT2D eigenvalue weighted by atomic mass is 9.88. The van der Waals surface area contributed by atoms with Gasteiger partial charge in [-0.1, -0.05) is 24.4 Å². The molecule has 0 aliphatic heterocycles. The molecule has 60 valence electrons. The van der Waals surface area contributed by atoms with Crippen LogP contribution in [0.1, 0.15) is 43.8 Å². The summed E-state index contributed by atoms with van der Waals surface area (Å²) in [4.78, 5) is 0. The summed E-state index contributed by atoms with van der Waals surface area (Å²) in [7, 11) is 0. The first-order valence-corrected chi connectivity index (χ1v) is 4.37. The van der Waals surface area contributed by atoms with Crippen LogP contribution >= 0.6 is 0 Å². The summed E-state index contributed by atoms with van der Waals surface area (Å²) in [5.41, 5.74) is 0. The van der Waals surface area contributed by atoms with Crippen molar-refractivity contribution in [3.05, 3.63) is 18.0 Å². The molecule has 2 rings (SSSR count). The Labute approximate surface area is 66.6 Å². The van der Waals surface area contributed by atoms with Crippen molar-refractivity contribution in [3.8, 4) is 0 Å². The van der Waals surface area contributed by atoms with Gasteiger partial charge in [-0.2, -0.15) is 0 Å². The van der Waals surface area contributed by atoms with Gasteiger partial charge in [0.25, 0.3) is 0 Å². The molecule has 0 spiro atoms. The molecule has 1 heterocycles. The Hall–Kier alpha value is -0.790. The van der Waals surface area contributed by atoms with Crippen molar-refractivity contribution in [2.45, 2.75) is 38.0 Å². The molecular weight excluding hydrogens is 138 g/mol. The first kappa shape index (κ1) is 6.89. The monoisotopic (exact) mass is 151 g/mol. The van der Waals surface area contributed by atoms with Crippen LogP contribution in [0.5, 0.6) is 0 Å². The number of hydrogen-bond acceptors (Lipinski definition) is 2. The second-order valence-electron chi connectivity index (χ2n) is 3.25. The highest BCUT2D eigenvalue weighted by atomic mass is 16.5. The molecule has 2 nitrogen and oxygen atoms in total. The SMILES string of the molecule is c1cc(C2CCCCC2)on1. The van der Waals surface area contributed by atoms with Crippen LogP contribution in [0.15, 0.2) is 16.8 Å². The number of hydrogen-bond donors (Lipinski definition) is 0. The number of aromatic nitrogens is 1. The van der Waals surface area contributed by atoms with Crippen molar-refractivity contribution < 1.29 is 4.52 Å². The predicted molar refractivity (Wildman–Crippen MR) is 42.3 cm³/mol. The van der Waals surface area contributed by atoms with Gasteiger partial charge in [-0.05, 0) is 12.8 Å². The van der Waals surface area contributed by atoms with Crippen molar-refractivity contribution in [1.82, 2.24) is 5.16 Å². The van der Waals surface area contributed by atoms with Gasteiger partial charge in [-0.3, -0.25) is 0 Å². The highest BCUT2D eigenvalue weighted by Crippen LogP contribution is 2.31. The Kier molecular flexibility index (Phi) is 1.93. The predicted octanol–water partition coefficient (Wildman–Crippen LogP) is 2.72. The second kappa shape index (κ2) is 3.07. The van der Waals surface area contributed by atoms with Crippen LogP contribution in [-0.2, 0) is 0 Å². The molecule has 0 bridgehead atoms. The van der Waals surface area contributed by atoms with Crippen LogP contribution in [0.4, 0.5) is 0 Å². The molecule has 0 amide bonds. The summed E-state index contributed by atoms with van der Waals surface area (Å²) >= 11 is 0.